The molecular formula is C16H14ClN3O4. The number of rotatable bonds is 5. The highest BCUT2D eigenvalue weighted by atomic mass is 35.5. The fourth-order valence-corrected chi connectivity index (χ4v) is 2.40. The highest BCUT2D eigenvalue weighted by molar-refractivity contribution is 6.33. The average Bonchev–Trinajstić information content (AvgIpc) is 3.01. The van der Waals surface area contributed by atoms with Gasteiger partial charge in [0.2, 0.25) is 18.6 Å². The number of anilines is 2. The molecule has 2 aromatic carbocycles. The molecule has 0 saturated heterocycles. The topological polar surface area (TPSA) is 103 Å². The van der Waals surface area contributed by atoms with E-state index in [1.807, 2.05) is 0 Å². The number of hydrogen-bond acceptors (Lipinski definition) is 5. The van der Waals surface area contributed by atoms with Crippen LogP contribution in [0, 0.1) is 0 Å². The second kappa shape index (κ2) is 6.67. The summed E-state index contributed by atoms with van der Waals surface area (Å²) in [5, 5.41) is 5.90. The fourth-order valence-electron chi connectivity index (χ4n) is 2.19. The summed E-state index contributed by atoms with van der Waals surface area (Å²) in [5.41, 5.74) is 6.59. The molecule has 0 saturated carbocycles. The van der Waals surface area contributed by atoms with Crippen LogP contribution in [-0.2, 0) is 4.79 Å². The third kappa shape index (κ3) is 3.52. The van der Waals surface area contributed by atoms with Crippen molar-refractivity contribution in [3.8, 4) is 11.5 Å². The highest BCUT2D eigenvalue weighted by Gasteiger charge is 2.14. The maximum atomic E-state index is 12.0. The van der Waals surface area contributed by atoms with Crippen LogP contribution in [0.4, 0.5) is 11.4 Å². The third-order valence-electron chi connectivity index (χ3n) is 3.34. The van der Waals surface area contributed by atoms with Gasteiger partial charge in [0.1, 0.15) is 0 Å². The Bertz CT molecular complexity index is 810. The van der Waals surface area contributed by atoms with E-state index in [4.69, 9.17) is 26.8 Å². The van der Waals surface area contributed by atoms with Gasteiger partial charge in [0.15, 0.2) is 11.5 Å². The summed E-state index contributed by atoms with van der Waals surface area (Å²) in [6.07, 6.45) is 0. The number of carbonyl (C=O) groups excluding carboxylic acids is 2. The molecule has 24 heavy (non-hydrogen) atoms. The minimum absolute atomic E-state index is 0.00821. The summed E-state index contributed by atoms with van der Waals surface area (Å²) in [6.45, 7) is 0.182. The van der Waals surface area contributed by atoms with E-state index in [1.54, 1.807) is 30.3 Å². The Morgan fingerprint density at radius 1 is 1.08 bits per heavy atom. The first-order valence-corrected chi connectivity index (χ1v) is 7.43. The van der Waals surface area contributed by atoms with Gasteiger partial charge in [-0.15, -0.1) is 0 Å². The average molecular weight is 348 g/mol. The summed E-state index contributed by atoms with van der Waals surface area (Å²) in [6, 6.07) is 9.83. The summed E-state index contributed by atoms with van der Waals surface area (Å²) >= 11 is 5.88. The van der Waals surface area contributed by atoms with E-state index in [-0.39, 0.29) is 29.8 Å². The number of ether oxygens (including phenoxy) is 2. The van der Waals surface area contributed by atoms with E-state index in [1.165, 1.54) is 6.07 Å². The van der Waals surface area contributed by atoms with E-state index in [0.29, 0.717) is 22.9 Å². The number of benzene rings is 2. The number of nitrogens with two attached hydrogens (primary N) is 1. The number of amides is 2. The number of hydrogen-bond donors (Lipinski definition) is 3. The molecule has 0 fully saturated rings. The van der Waals surface area contributed by atoms with Crippen LogP contribution in [0.15, 0.2) is 36.4 Å². The van der Waals surface area contributed by atoms with E-state index in [9.17, 15) is 9.59 Å². The maximum Gasteiger partial charge on any atom is 0.250 e. The molecule has 7 nitrogen and oxygen atoms in total. The molecule has 0 spiro atoms. The molecule has 124 valence electrons. The lowest BCUT2D eigenvalue weighted by Crippen LogP contribution is -2.22. The third-order valence-corrected chi connectivity index (χ3v) is 3.67. The second-order valence-corrected chi connectivity index (χ2v) is 5.44. The zero-order chi connectivity index (χ0) is 17.1. The Morgan fingerprint density at radius 2 is 1.83 bits per heavy atom. The minimum atomic E-state index is -0.631. The van der Waals surface area contributed by atoms with Crippen LogP contribution in [0.2, 0.25) is 5.02 Å². The first kappa shape index (κ1) is 15.9. The molecule has 0 unspecified atom stereocenters. The standard InChI is InChI=1S/C16H14ClN3O4/c17-12-3-1-9(5-11(12)16(18)22)19-7-15(21)20-10-2-4-13-14(6-10)24-8-23-13/h1-6,19H,7-8H2,(H2,18,22)(H,20,21). The van der Waals surface area contributed by atoms with Gasteiger partial charge in [-0.05, 0) is 30.3 Å². The van der Waals surface area contributed by atoms with Gasteiger partial charge in [-0.25, -0.2) is 0 Å². The van der Waals surface area contributed by atoms with Crippen molar-refractivity contribution in [2.75, 3.05) is 24.0 Å². The Hall–Kier alpha value is -2.93. The normalized spacial score (nSPS) is 11.9. The number of carbonyl (C=O) groups is 2. The van der Waals surface area contributed by atoms with Gasteiger partial charge in [-0.2, -0.15) is 0 Å². The van der Waals surface area contributed by atoms with E-state index >= 15 is 0 Å². The van der Waals surface area contributed by atoms with Crippen LogP contribution in [0.5, 0.6) is 11.5 Å². The van der Waals surface area contributed by atoms with E-state index in [0.717, 1.165) is 0 Å². The molecule has 2 aromatic rings. The lowest BCUT2D eigenvalue weighted by Gasteiger charge is -2.09. The molecule has 0 aliphatic carbocycles. The first-order valence-electron chi connectivity index (χ1n) is 7.05. The molecule has 8 heteroatoms. The quantitative estimate of drug-likeness (QED) is 0.769. The Balaban J connectivity index is 1.60. The van der Waals surface area contributed by atoms with Crippen molar-refractivity contribution in [2.24, 2.45) is 5.73 Å². The summed E-state index contributed by atoms with van der Waals surface area (Å²) in [5.74, 6) is 0.341. The zero-order valence-corrected chi connectivity index (χ0v) is 13.2. The number of fused-ring (bicyclic) bond motifs is 1. The van der Waals surface area contributed by atoms with Crippen molar-refractivity contribution in [1.82, 2.24) is 0 Å². The zero-order valence-electron chi connectivity index (χ0n) is 12.5. The van der Waals surface area contributed by atoms with Gasteiger partial charge >= 0.3 is 0 Å². The molecule has 1 aliphatic heterocycles. The molecule has 4 N–H and O–H groups in total. The second-order valence-electron chi connectivity index (χ2n) is 5.03. The predicted molar refractivity (Wildman–Crippen MR) is 89.7 cm³/mol. The Labute approximate surface area is 142 Å². The smallest absolute Gasteiger partial charge is 0.250 e. The van der Waals surface area contributed by atoms with Crippen LogP contribution in [0.25, 0.3) is 0 Å². The van der Waals surface area contributed by atoms with Gasteiger partial charge in [0.25, 0.3) is 0 Å². The van der Waals surface area contributed by atoms with Crippen molar-refractivity contribution in [3.63, 3.8) is 0 Å². The van der Waals surface area contributed by atoms with Crippen molar-refractivity contribution in [3.05, 3.63) is 47.0 Å². The number of halogens is 1. The molecule has 0 radical (unpaired) electrons. The van der Waals surface area contributed by atoms with Crippen LogP contribution >= 0.6 is 11.6 Å². The van der Waals surface area contributed by atoms with Gasteiger partial charge < -0.3 is 25.8 Å². The SMILES string of the molecule is NC(=O)c1cc(NCC(=O)Nc2ccc3c(c2)OCO3)ccc1Cl. The largest absolute Gasteiger partial charge is 0.454 e. The Kier molecular flexibility index (Phi) is 4.43. The monoisotopic (exact) mass is 347 g/mol. The van der Waals surface area contributed by atoms with Crippen LogP contribution in [-0.4, -0.2) is 25.2 Å². The van der Waals surface area contributed by atoms with Crippen molar-refractivity contribution in [2.45, 2.75) is 0 Å². The van der Waals surface area contributed by atoms with Crippen molar-refractivity contribution < 1.29 is 19.1 Å². The lowest BCUT2D eigenvalue weighted by atomic mass is 10.2. The van der Waals surface area contributed by atoms with E-state index < -0.39 is 5.91 Å². The molecule has 3 rings (SSSR count). The molecule has 0 atom stereocenters. The van der Waals surface area contributed by atoms with E-state index in [2.05, 4.69) is 10.6 Å². The summed E-state index contributed by atoms with van der Waals surface area (Å²) < 4.78 is 10.5. The number of nitrogens with one attached hydrogen (secondary N) is 2. The molecule has 2 amide bonds. The molecule has 0 aromatic heterocycles. The molecule has 0 bridgehead atoms. The predicted octanol–water partition coefficient (Wildman–Crippen LogP) is 2.22. The van der Waals surface area contributed by atoms with Crippen LogP contribution in [0.3, 0.4) is 0 Å². The van der Waals surface area contributed by atoms with Crippen LogP contribution in [0.1, 0.15) is 10.4 Å². The molecular weight excluding hydrogens is 334 g/mol. The van der Waals surface area contributed by atoms with Gasteiger partial charge in [0, 0.05) is 17.4 Å². The lowest BCUT2D eigenvalue weighted by molar-refractivity contribution is -0.114. The summed E-state index contributed by atoms with van der Waals surface area (Å²) in [7, 11) is 0. The minimum Gasteiger partial charge on any atom is -0.454 e. The first-order chi connectivity index (χ1) is 11.5. The maximum absolute atomic E-state index is 12.0. The van der Waals surface area contributed by atoms with Gasteiger partial charge in [-0.1, -0.05) is 11.6 Å². The van der Waals surface area contributed by atoms with Crippen molar-refractivity contribution in [1.29, 1.82) is 0 Å². The highest BCUT2D eigenvalue weighted by Crippen LogP contribution is 2.34. The fraction of sp³-hybridized carbons (Fsp3) is 0.125. The number of primary amides is 1. The van der Waals surface area contributed by atoms with Gasteiger partial charge in [-0.3, -0.25) is 9.59 Å². The Morgan fingerprint density at radius 3 is 2.62 bits per heavy atom. The molecule has 1 heterocycles. The molecule has 1 aliphatic rings. The summed E-state index contributed by atoms with van der Waals surface area (Å²) in [4.78, 5) is 23.3. The van der Waals surface area contributed by atoms with Crippen molar-refractivity contribution >= 4 is 34.8 Å². The van der Waals surface area contributed by atoms with Gasteiger partial charge in [0.05, 0.1) is 17.1 Å². The van der Waals surface area contributed by atoms with Crippen LogP contribution < -0.4 is 25.8 Å².